The van der Waals surface area contributed by atoms with E-state index in [0.29, 0.717) is 10.2 Å². The molecule has 1 aliphatic rings. The number of non-ortho nitro benzene ring substituents is 1. The zero-order valence-corrected chi connectivity index (χ0v) is 13.2. The number of nitrogens with zero attached hydrogens (tertiary/aromatic N) is 2. The van der Waals surface area contributed by atoms with Crippen LogP contribution in [0.5, 0.6) is 0 Å². The Morgan fingerprint density at radius 1 is 1.48 bits per heavy atom. The molecule has 0 aliphatic carbocycles. The van der Waals surface area contributed by atoms with Gasteiger partial charge in [-0.25, -0.2) is 0 Å². The third-order valence-electron chi connectivity index (χ3n) is 3.50. The number of amides is 1. The van der Waals surface area contributed by atoms with Crippen molar-refractivity contribution in [2.24, 2.45) is 0 Å². The molecule has 1 aliphatic heterocycles. The lowest BCUT2D eigenvalue weighted by Gasteiger charge is -2.31. The third-order valence-corrected chi connectivity index (χ3v) is 4.16. The number of rotatable bonds is 4. The number of anilines is 1. The van der Waals surface area contributed by atoms with E-state index in [0.717, 1.165) is 26.2 Å². The van der Waals surface area contributed by atoms with Crippen LogP contribution in [0, 0.1) is 10.1 Å². The Morgan fingerprint density at radius 2 is 2.14 bits per heavy atom. The van der Waals surface area contributed by atoms with Crippen LogP contribution in [0.1, 0.15) is 6.92 Å². The molecule has 21 heavy (non-hydrogen) atoms. The maximum absolute atomic E-state index is 12.3. The van der Waals surface area contributed by atoms with Gasteiger partial charge in [0.05, 0.1) is 16.7 Å². The van der Waals surface area contributed by atoms with E-state index in [2.05, 4.69) is 31.5 Å². The summed E-state index contributed by atoms with van der Waals surface area (Å²) in [6.45, 7) is 5.27. The second-order valence-electron chi connectivity index (χ2n) is 4.87. The van der Waals surface area contributed by atoms with E-state index in [4.69, 9.17) is 0 Å². The standard InChI is InChI=1S/C13H17BrN4O3/c1-9(17-6-4-15-5-7-17)13(19)16-12-3-2-10(18(20)21)8-11(12)14/h2-3,8-9,15H,4-7H2,1H3,(H,16,19). The van der Waals surface area contributed by atoms with Crippen LogP contribution < -0.4 is 10.6 Å². The fourth-order valence-electron chi connectivity index (χ4n) is 2.19. The summed E-state index contributed by atoms with van der Waals surface area (Å²) in [5.41, 5.74) is 0.516. The van der Waals surface area contributed by atoms with Gasteiger partial charge < -0.3 is 10.6 Å². The first kappa shape index (κ1) is 15.9. The van der Waals surface area contributed by atoms with Crippen molar-refractivity contribution < 1.29 is 9.72 Å². The number of halogens is 1. The Hall–Kier alpha value is -1.51. The molecule has 0 bridgehead atoms. The molecule has 8 heteroatoms. The fourth-order valence-corrected chi connectivity index (χ4v) is 2.66. The predicted octanol–water partition coefficient (Wildman–Crippen LogP) is 1.59. The Labute approximate surface area is 131 Å². The summed E-state index contributed by atoms with van der Waals surface area (Å²) < 4.78 is 0.498. The lowest BCUT2D eigenvalue weighted by molar-refractivity contribution is -0.384. The van der Waals surface area contributed by atoms with Crippen molar-refractivity contribution in [3.8, 4) is 0 Å². The third kappa shape index (κ3) is 3.99. The van der Waals surface area contributed by atoms with Gasteiger partial charge in [-0.3, -0.25) is 19.8 Å². The van der Waals surface area contributed by atoms with Crippen LogP contribution in [-0.4, -0.2) is 48.0 Å². The van der Waals surface area contributed by atoms with E-state index in [1.807, 2.05) is 6.92 Å². The molecule has 0 saturated carbocycles. The Balaban J connectivity index is 2.03. The summed E-state index contributed by atoms with van der Waals surface area (Å²) in [6, 6.07) is 4.04. The quantitative estimate of drug-likeness (QED) is 0.631. The van der Waals surface area contributed by atoms with Crippen LogP contribution in [-0.2, 0) is 4.79 Å². The van der Waals surface area contributed by atoms with Crippen LogP contribution in [0.3, 0.4) is 0 Å². The maximum Gasteiger partial charge on any atom is 0.270 e. The number of piperazine rings is 1. The summed E-state index contributed by atoms with van der Waals surface area (Å²) in [7, 11) is 0. The molecule has 0 radical (unpaired) electrons. The molecule has 114 valence electrons. The molecule has 1 heterocycles. The predicted molar refractivity (Wildman–Crippen MR) is 83.3 cm³/mol. The van der Waals surface area contributed by atoms with Crippen molar-refractivity contribution in [1.82, 2.24) is 10.2 Å². The van der Waals surface area contributed by atoms with E-state index >= 15 is 0 Å². The first-order chi connectivity index (χ1) is 9.99. The topological polar surface area (TPSA) is 87.5 Å². The molecule has 1 aromatic carbocycles. The largest absolute Gasteiger partial charge is 0.324 e. The lowest BCUT2D eigenvalue weighted by Crippen LogP contribution is -2.51. The average Bonchev–Trinajstić information content (AvgIpc) is 2.49. The SMILES string of the molecule is CC(C(=O)Nc1ccc([N+](=O)[O-])cc1Br)N1CCNCC1. The molecule has 2 N–H and O–H groups in total. The molecule has 7 nitrogen and oxygen atoms in total. The van der Waals surface area contributed by atoms with E-state index in [9.17, 15) is 14.9 Å². The molecule has 1 aromatic rings. The van der Waals surface area contributed by atoms with Gasteiger partial charge in [-0.1, -0.05) is 0 Å². The zero-order chi connectivity index (χ0) is 15.4. The normalized spacial score (nSPS) is 17.2. The zero-order valence-electron chi connectivity index (χ0n) is 11.6. The van der Waals surface area contributed by atoms with Crippen molar-refractivity contribution in [2.45, 2.75) is 13.0 Å². The summed E-state index contributed by atoms with van der Waals surface area (Å²) in [4.78, 5) is 24.6. The lowest BCUT2D eigenvalue weighted by atomic mass is 10.2. The molecular formula is C13H17BrN4O3. The average molecular weight is 357 g/mol. The molecule has 1 amide bonds. The van der Waals surface area contributed by atoms with Gasteiger partial charge in [-0.2, -0.15) is 0 Å². The number of nitro benzene ring substituents is 1. The summed E-state index contributed by atoms with van der Waals surface area (Å²) in [5, 5.41) is 16.7. The molecular weight excluding hydrogens is 340 g/mol. The van der Waals surface area contributed by atoms with Gasteiger partial charge in [0, 0.05) is 42.8 Å². The molecule has 0 spiro atoms. The smallest absolute Gasteiger partial charge is 0.270 e. The van der Waals surface area contributed by atoms with Gasteiger partial charge >= 0.3 is 0 Å². The number of hydrogen-bond acceptors (Lipinski definition) is 5. The van der Waals surface area contributed by atoms with E-state index < -0.39 is 4.92 Å². The molecule has 1 saturated heterocycles. The number of nitrogens with one attached hydrogen (secondary N) is 2. The van der Waals surface area contributed by atoms with Crippen molar-refractivity contribution >= 4 is 33.2 Å². The second-order valence-corrected chi connectivity index (χ2v) is 5.73. The monoisotopic (exact) mass is 356 g/mol. The molecule has 2 rings (SSSR count). The highest BCUT2D eigenvalue weighted by Crippen LogP contribution is 2.27. The van der Waals surface area contributed by atoms with Gasteiger partial charge in [0.2, 0.25) is 5.91 Å². The van der Waals surface area contributed by atoms with Crippen LogP contribution in [0.15, 0.2) is 22.7 Å². The first-order valence-electron chi connectivity index (χ1n) is 6.68. The Morgan fingerprint density at radius 3 is 2.71 bits per heavy atom. The fraction of sp³-hybridized carbons (Fsp3) is 0.462. The number of carbonyl (C=O) groups excluding carboxylic acids is 1. The van der Waals surface area contributed by atoms with E-state index in [1.165, 1.54) is 18.2 Å². The minimum atomic E-state index is -0.473. The minimum absolute atomic E-state index is 0.0185. The molecule has 1 fully saturated rings. The minimum Gasteiger partial charge on any atom is -0.324 e. The number of hydrogen-bond donors (Lipinski definition) is 2. The van der Waals surface area contributed by atoms with Crippen LogP contribution in [0.4, 0.5) is 11.4 Å². The maximum atomic E-state index is 12.3. The number of benzene rings is 1. The van der Waals surface area contributed by atoms with Crippen LogP contribution in [0.25, 0.3) is 0 Å². The highest BCUT2D eigenvalue weighted by atomic mass is 79.9. The molecule has 1 atom stereocenters. The Bertz CT molecular complexity index is 546. The van der Waals surface area contributed by atoms with Crippen molar-refractivity contribution in [3.63, 3.8) is 0 Å². The van der Waals surface area contributed by atoms with E-state index in [-0.39, 0.29) is 17.6 Å². The van der Waals surface area contributed by atoms with Gasteiger partial charge in [0.25, 0.3) is 5.69 Å². The van der Waals surface area contributed by atoms with Gasteiger partial charge in [0.15, 0.2) is 0 Å². The number of nitro groups is 1. The summed E-state index contributed by atoms with van der Waals surface area (Å²) in [5.74, 6) is -0.119. The van der Waals surface area contributed by atoms with Crippen LogP contribution in [0.2, 0.25) is 0 Å². The van der Waals surface area contributed by atoms with E-state index in [1.54, 1.807) is 0 Å². The first-order valence-corrected chi connectivity index (χ1v) is 7.48. The van der Waals surface area contributed by atoms with Crippen LogP contribution >= 0.6 is 15.9 Å². The van der Waals surface area contributed by atoms with Crippen molar-refractivity contribution in [1.29, 1.82) is 0 Å². The number of carbonyl (C=O) groups is 1. The second kappa shape index (κ2) is 6.97. The molecule has 1 unspecified atom stereocenters. The van der Waals surface area contributed by atoms with Gasteiger partial charge in [-0.05, 0) is 28.9 Å². The summed E-state index contributed by atoms with van der Waals surface area (Å²) in [6.07, 6.45) is 0. The highest BCUT2D eigenvalue weighted by molar-refractivity contribution is 9.10. The highest BCUT2D eigenvalue weighted by Gasteiger charge is 2.23. The van der Waals surface area contributed by atoms with Crippen molar-refractivity contribution in [2.75, 3.05) is 31.5 Å². The van der Waals surface area contributed by atoms with Crippen molar-refractivity contribution in [3.05, 3.63) is 32.8 Å². The molecule has 0 aromatic heterocycles. The summed E-state index contributed by atoms with van der Waals surface area (Å²) >= 11 is 3.25. The van der Waals surface area contributed by atoms with Gasteiger partial charge in [-0.15, -0.1) is 0 Å². The Kier molecular flexibility index (Phi) is 5.27. The van der Waals surface area contributed by atoms with Gasteiger partial charge in [0.1, 0.15) is 0 Å².